The highest BCUT2D eigenvalue weighted by atomic mass is 16.6. The number of fused-ring (bicyclic) bond motifs is 4. The average molecular weight is 711 g/mol. The first kappa shape index (κ1) is 35.6. The monoisotopic (exact) mass is 710 g/mol. The lowest BCUT2D eigenvalue weighted by atomic mass is 9.87. The Balaban J connectivity index is 1.36. The van der Waals surface area contributed by atoms with Gasteiger partial charge in [-0.2, -0.15) is 0 Å². The molecule has 2 aromatic heterocycles. The van der Waals surface area contributed by atoms with Crippen LogP contribution in [0.25, 0.3) is 32.9 Å². The van der Waals surface area contributed by atoms with Crippen molar-refractivity contribution in [2.45, 2.75) is 77.2 Å². The molecule has 0 aliphatic carbocycles. The van der Waals surface area contributed by atoms with Crippen molar-refractivity contribution in [3.05, 3.63) is 132 Å². The first-order valence-electron chi connectivity index (χ1n) is 18.3. The standard InChI is InChI=1S/C44H46N4O5/c1-6-7-25-47-27-34(32-18-12-14-20-36(32)47)40-39-33(31-17-11-13-19-35(31)45-39)26-37(48(40)43(51)53-44(2,3)4)41(49)46-38(42(50)52-5)30-23-21-29(22-24-30)28-15-9-8-10-16-28/h8-24,27,37-38,40,45H,6-7,25-26H2,1-5H3,(H,46,49)/t37-,38?,40?/m1/s1. The lowest BCUT2D eigenvalue weighted by molar-refractivity contribution is -0.146. The molecular formula is C44H46N4O5. The van der Waals surface area contributed by atoms with Crippen LogP contribution >= 0.6 is 0 Å². The van der Waals surface area contributed by atoms with E-state index in [0.29, 0.717) is 5.56 Å². The van der Waals surface area contributed by atoms with Crippen LogP contribution < -0.4 is 5.32 Å². The highest BCUT2D eigenvalue weighted by Crippen LogP contribution is 2.44. The summed E-state index contributed by atoms with van der Waals surface area (Å²) in [6, 6.07) is 30.7. The summed E-state index contributed by atoms with van der Waals surface area (Å²) < 4.78 is 13.5. The van der Waals surface area contributed by atoms with Gasteiger partial charge in [0.05, 0.1) is 7.11 Å². The van der Waals surface area contributed by atoms with E-state index in [1.54, 1.807) is 4.90 Å². The van der Waals surface area contributed by atoms with Crippen LogP contribution in [0.2, 0.25) is 0 Å². The van der Waals surface area contributed by atoms with Crippen molar-refractivity contribution in [1.82, 2.24) is 19.8 Å². The maximum Gasteiger partial charge on any atom is 0.411 e. The molecule has 3 atom stereocenters. The number of hydrogen-bond donors (Lipinski definition) is 2. The summed E-state index contributed by atoms with van der Waals surface area (Å²) in [6.07, 6.45) is 3.71. The highest BCUT2D eigenvalue weighted by Gasteiger charge is 2.47. The van der Waals surface area contributed by atoms with Crippen LogP contribution in [0, 0.1) is 0 Å². The number of nitrogens with one attached hydrogen (secondary N) is 2. The van der Waals surface area contributed by atoms with Crippen LogP contribution in [0.4, 0.5) is 4.79 Å². The summed E-state index contributed by atoms with van der Waals surface area (Å²) >= 11 is 0. The molecule has 2 amide bonds. The fraction of sp³-hybridized carbons (Fsp3) is 0.295. The molecule has 0 fully saturated rings. The molecule has 0 bridgehead atoms. The van der Waals surface area contributed by atoms with Gasteiger partial charge in [0.2, 0.25) is 5.91 Å². The Hall–Kier alpha value is -5.83. The molecule has 9 nitrogen and oxygen atoms in total. The van der Waals surface area contributed by atoms with Crippen LogP contribution in [-0.2, 0) is 32.0 Å². The van der Waals surface area contributed by atoms with Gasteiger partial charge in [-0.05, 0) is 61.6 Å². The quantitative estimate of drug-likeness (QED) is 0.146. The summed E-state index contributed by atoms with van der Waals surface area (Å²) in [6.45, 7) is 8.42. The number of ether oxygens (including phenoxy) is 2. The fourth-order valence-electron chi connectivity index (χ4n) is 7.50. The molecule has 0 spiro atoms. The maximum absolute atomic E-state index is 14.8. The van der Waals surface area contributed by atoms with Crippen molar-refractivity contribution >= 4 is 39.8 Å². The Morgan fingerprint density at radius 1 is 0.868 bits per heavy atom. The molecule has 3 heterocycles. The number of amides is 2. The van der Waals surface area contributed by atoms with E-state index in [4.69, 9.17) is 9.47 Å². The van der Waals surface area contributed by atoms with Gasteiger partial charge >= 0.3 is 12.1 Å². The molecule has 1 aliphatic heterocycles. The summed E-state index contributed by atoms with van der Waals surface area (Å²) in [5, 5.41) is 4.96. The van der Waals surface area contributed by atoms with E-state index in [2.05, 4.69) is 40.1 Å². The zero-order valence-electron chi connectivity index (χ0n) is 30.9. The normalized spacial score (nSPS) is 16.3. The number of rotatable bonds is 9. The van der Waals surface area contributed by atoms with Gasteiger partial charge in [-0.15, -0.1) is 0 Å². The van der Waals surface area contributed by atoms with Gasteiger partial charge in [0.15, 0.2) is 6.04 Å². The van der Waals surface area contributed by atoms with E-state index in [1.165, 1.54) is 7.11 Å². The van der Waals surface area contributed by atoms with E-state index in [9.17, 15) is 14.4 Å². The summed E-state index contributed by atoms with van der Waals surface area (Å²) in [5.41, 5.74) is 6.35. The third kappa shape index (κ3) is 7.03. The molecule has 6 aromatic rings. The van der Waals surface area contributed by atoms with E-state index in [-0.39, 0.29) is 6.42 Å². The Bertz CT molecular complexity index is 2260. The second-order valence-corrected chi connectivity index (χ2v) is 14.7. The lowest BCUT2D eigenvalue weighted by Crippen LogP contribution is -2.56. The predicted octanol–water partition coefficient (Wildman–Crippen LogP) is 8.87. The number of carbonyl (C=O) groups excluding carboxylic acids is 3. The van der Waals surface area contributed by atoms with Crippen molar-refractivity contribution < 1.29 is 23.9 Å². The topological polar surface area (TPSA) is 106 Å². The number of esters is 1. The average Bonchev–Trinajstić information content (AvgIpc) is 3.73. The molecule has 0 saturated carbocycles. The van der Waals surface area contributed by atoms with Gasteiger partial charge in [0, 0.05) is 52.2 Å². The second-order valence-electron chi connectivity index (χ2n) is 14.7. The van der Waals surface area contributed by atoms with Gasteiger partial charge in [-0.25, -0.2) is 9.59 Å². The third-order valence-corrected chi connectivity index (χ3v) is 9.98. The van der Waals surface area contributed by atoms with Crippen molar-refractivity contribution in [1.29, 1.82) is 0 Å². The largest absolute Gasteiger partial charge is 0.467 e. The first-order valence-corrected chi connectivity index (χ1v) is 18.3. The minimum atomic E-state index is -1.11. The molecule has 4 aromatic carbocycles. The Morgan fingerprint density at radius 2 is 1.53 bits per heavy atom. The molecule has 2 unspecified atom stereocenters. The number of methoxy groups -OCH3 is 1. The summed E-state index contributed by atoms with van der Waals surface area (Å²) in [7, 11) is 1.30. The van der Waals surface area contributed by atoms with Gasteiger partial charge in [-0.1, -0.05) is 104 Å². The second kappa shape index (κ2) is 14.7. The number of aromatic nitrogens is 2. The molecule has 0 radical (unpaired) electrons. The summed E-state index contributed by atoms with van der Waals surface area (Å²) in [5.74, 6) is -1.11. The zero-order valence-corrected chi connectivity index (χ0v) is 30.9. The number of aromatic amines is 1. The lowest BCUT2D eigenvalue weighted by Gasteiger charge is -2.42. The van der Waals surface area contributed by atoms with Crippen molar-refractivity contribution in [3.8, 4) is 11.1 Å². The van der Waals surface area contributed by atoms with Gasteiger partial charge in [0.25, 0.3) is 0 Å². The minimum Gasteiger partial charge on any atom is -0.467 e. The van der Waals surface area contributed by atoms with Crippen LogP contribution in [-0.4, -0.2) is 51.2 Å². The van der Waals surface area contributed by atoms with Gasteiger partial charge in [-0.3, -0.25) is 9.69 Å². The minimum absolute atomic E-state index is 0.205. The van der Waals surface area contributed by atoms with E-state index >= 15 is 0 Å². The number of H-pyrrole nitrogens is 1. The van der Waals surface area contributed by atoms with Gasteiger partial charge < -0.3 is 24.3 Å². The number of unbranched alkanes of at least 4 members (excludes halogenated alkanes) is 1. The number of aryl methyl sites for hydroxylation is 1. The maximum atomic E-state index is 14.8. The molecule has 7 rings (SSSR count). The zero-order chi connectivity index (χ0) is 37.3. The number of nitrogens with zero attached hydrogens (tertiary/aromatic N) is 2. The first-order chi connectivity index (χ1) is 25.6. The number of benzene rings is 4. The van der Waals surface area contributed by atoms with E-state index in [0.717, 1.165) is 69.1 Å². The Kier molecular flexibility index (Phi) is 9.84. The van der Waals surface area contributed by atoms with Gasteiger partial charge in [0.1, 0.15) is 17.7 Å². The molecule has 2 N–H and O–H groups in total. The Morgan fingerprint density at radius 3 is 2.23 bits per heavy atom. The fourth-order valence-corrected chi connectivity index (χ4v) is 7.50. The third-order valence-electron chi connectivity index (χ3n) is 9.98. The van der Waals surface area contributed by atoms with Crippen molar-refractivity contribution in [2.75, 3.05) is 7.11 Å². The summed E-state index contributed by atoms with van der Waals surface area (Å²) in [4.78, 5) is 48.0. The molecular weight excluding hydrogens is 665 g/mol. The predicted molar refractivity (Wildman–Crippen MR) is 207 cm³/mol. The smallest absolute Gasteiger partial charge is 0.411 e. The number of hydrogen-bond acceptors (Lipinski definition) is 5. The van der Waals surface area contributed by atoms with Crippen LogP contribution in [0.1, 0.15) is 75.0 Å². The highest BCUT2D eigenvalue weighted by molar-refractivity contribution is 5.95. The van der Waals surface area contributed by atoms with Crippen LogP contribution in [0.15, 0.2) is 109 Å². The molecule has 1 aliphatic rings. The molecule has 9 heteroatoms. The van der Waals surface area contributed by atoms with Crippen molar-refractivity contribution in [2.24, 2.45) is 0 Å². The number of para-hydroxylation sites is 2. The number of carbonyl (C=O) groups is 3. The van der Waals surface area contributed by atoms with Crippen LogP contribution in [0.3, 0.4) is 0 Å². The molecule has 53 heavy (non-hydrogen) atoms. The van der Waals surface area contributed by atoms with Crippen LogP contribution in [0.5, 0.6) is 0 Å². The van der Waals surface area contributed by atoms with E-state index in [1.807, 2.05) is 112 Å². The molecule has 0 saturated heterocycles. The molecule has 272 valence electrons. The SMILES string of the molecule is CCCCn1cc(C2c3[nH]c4ccccc4c3C[C@H](C(=O)NC(C(=O)OC)c3ccc(-c4ccccc4)cc3)N2C(=O)OC(C)(C)C)c2ccccc21. The van der Waals surface area contributed by atoms with E-state index < -0.39 is 41.7 Å². The Labute approximate surface area is 309 Å². The van der Waals surface area contributed by atoms with Crippen molar-refractivity contribution in [3.63, 3.8) is 0 Å².